The number of rotatable bonds is 5. The van der Waals surface area contributed by atoms with E-state index >= 15 is 0 Å². The molecule has 0 saturated carbocycles. The van der Waals surface area contributed by atoms with Gasteiger partial charge in [-0.05, 0) is 33.7 Å². The van der Waals surface area contributed by atoms with Crippen LogP contribution in [0.2, 0.25) is 0 Å². The van der Waals surface area contributed by atoms with Gasteiger partial charge in [0.15, 0.2) is 0 Å². The molecule has 0 atom stereocenters. The van der Waals surface area contributed by atoms with Crippen LogP contribution in [-0.2, 0) is 0 Å². The van der Waals surface area contributed by atoms with Crippen LogP contribution in [0.5, 0.6) is 0 Å². The summed E-state index contributed by atoms with van der Waals surface area (Å²) in [5.41, 5.74) is -0.0211. The van der Waals surface area contributed by atoms with Gasteiger partial charge in [-0.3, -0.25) is 20.2 Å². The zero-order valence-corrected chi connectivity index (χ0v) is 11.6. The second-order valence-corrected chi connectivity index (χ2v) is 5.83. The van der Waals surface area contributed by atoms with Crippen LogP contribution in [0.1, 0.15) is 0 Å². The van der Waals surface area contributed by atoms with Crippen LogP contribution in [0, 0.1) is 20.2 Å². The van der Waals surface area contributed by atoms with E-state index in [2.05, 4.69) is 0 Å². The van der Waals surface area contributed by atoms with Crippen molar-refractivity contribution in [2.24, 2.45) is 0 Å². The van der Waals surface area contributed by atoms with Crippen LogP contribution in [0.3, 0.4) is 0 Å². The molecule has 0 bridgehead atoms. The van der Waals surface area contributed by atoms with Gasteiger partial charge >= 0.3 is 0 Å². The first-order valence-corrected chi connectivity index (χ1v) is 7.56. The maximum absolute atomic E-state index is 10.9. The third kappa shape index (κ3) is 3.28. The zero-order chi connectivity index (χ0) is 14.5. The number of hydrogen-bond acceptors (Lipinski definition) is 6. The Balaban J connectivity index is 2.22. The molecule has 2 rings (SSSR count). The van der Waals surface area contributed by atoms with Crippen molar-refractivity contribution in [1.82, 2.24) is 0 Å². The lowest BCUT2D eigenvalue weighted by Gasteiger charge is -2.03. The Morgan fingerprint density at radius 1 is 0.700 bits per heavy atom. The highest BCUT2D eigenvalue weighted by Gasteiger charge is 2.17. The van der Waals surface area contributed by atoms with Gasteiger partial charge in [0.05, 0.1) is 19.6 Å². The molecule has 0 heterocycles. The highest BCUT2D eigenvalue weighted by molar-refractivity contribution is 8.76. The lowest BCUT2D eigenvalue weighted by atomic mass is 10.3. The molecule has 0 spiro atoms. The number of para-hydroxylation sites is 2. The predicted molar refractivity (Wildman–Crippen MR) is 77.9 cm³/mol. The fourth-order valence-corrected chi connectivity index (χ4v) is 3.73. The van der Waals surface area contributed by atoms with Gasteiger partial charge in [-0.2, -0.15) is 0 Å². The number of nitro benzene ring substituents is 2. The molecule has 0 amide bonds. The second-order valence-electron chi connectivity index (χ2n) is 3.62. The van der Waals surface area contributed by atoms with Crippen LogP contribution in [0.25, 0.3) is 0 Å². The molecule has 102 valence electrons. The molecule has 0 fully saturated rings. The van der Waals surface area contributed by atoms with Gasteiger partial charge in [0, 0.05) is 12.1 Å². The van der Waals surface area contributed by atoms with Crippen LogP contribution in [-0.4, -0.2) is 9.85 Å². The van der Waals surface area contributed by atoms with Gasteiger partial charge in [-0.1, -0.05) is 24.3 Å². The van der Waals surface area contributed by atoms with Crippen LogP contribution >= 0.6 is 21.6 Å². The smallest absolute Gasteiger partial charge is 0.258 e. The minimum Gasteiger partial charge on any atom is -0.258 e. The molecule has 20 heavy (non-hydrogen) atoms. The van der Waals surface area contributed by atoms with E-state index in [0.29, 0.717) is 9.79 Å². The third-order valence-electron chi connectivity index (χ3n) is 2.35. The maximum atomic E-state index is 10.9. The molecular weight excluding hydrogens is 300 g/mol. The Bertz CT molecular complexity index is 606. The zero-order valence-electron chi connectivity index (χ0n) is 9.96. The quantitative estimate of drug-likeness (QED) is 0.465. The first kappa shape index (κ1) is 14.4. The summed E-state index contributed by atoms with van der Waals surface area (Å²) in [5.74, 6) is 0. The van der Waals surface area contributed by atoms with Crippen molar-refractivity contribution in [3.63, 3.8) is 0 Å². The molecule has 0 aromatic heterocycles. The standard InChI is InChI=1S/C12H8N2O4S2/c15-13(16)9-5-1-3-7-11(9)19-20-12-8-4-2-6-10(12)14(17)18/h1-8H. The van der Waals surface area contributed by atoms with E-state index in [-0.39, 0.29) is 11.4 Å². The molecule has 0 aliphatic carbocycles. The molecule has 0 saturated heterocycles. The van der Waals surface area contributed by atoms with Crippen LogP contribution in [0.15, 0.2) is 58.3 Å². The van der Waals surface area contributed by atoms with E-state index in [1.165, 1.54) is 12.1 Å². The van der Waals surface area contributed by atoms with E-state index in [0.717, 1.165) is 21.6 Å². The highest BCUT2D eigenvalue weighted by atomic mass is 33.1. The van der Waals surface area contributed by atoms with E-state index in [4.69, 9.17) is 0 Å². The van der Waals surface area contributed by atoms with Gasteiger partial charge in [0.25, 0.3) is 11.4 Å². The van der Waals surface area contributed by atoms with Crippen LogP contribution in [0.4, 0.5) is 11.4 Å². The fourth-order valence-electron chi connectivity index (χ4n) is 1.45. The Morgan fingerprint density at radius 3 is 1.40 bits per heavy atom. The lowest BCUT2D eigenvalue weighted by Crippen LogP contribution is -1.90. The van der Waals surface area contributed by atoms with Gasteiger partial charge in [0.2, 0.25) is 0 Å². The minimum absolute atomic E-state index is 0.0106. The molecule has 2 aromatic rings. The molecular formula is C12H8N2O4S2. The summed E-state index contributed by atoms with van der Waals surface area (Å²) in [5, 5.41) is 21.8. The van der Waals surface area contributed by atoms with Gasteiger partial charge in [-0.15, -0.1) is 0 Å². The van der Waals surface area contributed by atoms with E-state index in [9.17, 15) is 20.2 Å². The lowest BCUT2D eigenvalue weighted by molar-refractivity contribution is -0.388. The topological polar surface area (TPSA) is 86.3 Å². The van der Waals surface area contributed by atoms with Crippen molar-refractivity contribution in [2.45, 2.75) is 9.79 Å². The van der Waals surface area contributed by atoms with Crippen molar-refractivity contribution in [3.05, 3.63) is 68.8 Å². The summed E-state index contributed by atoms with van der Waals surface area (Å²) >= 11 is 0. The van der Waals surface area contributed by atoms with Crippen molar-refractivity contribution in [1.29, 1.82) is 0 Å². The molecule has 0 N–H and O–H groups in total. The molecule has 8 heteroatoms. The average Bonchev–Trinajstić information content (AvgIpc) is 2.45. The highest BCUT2D eigenvalue weighted by Crippen LogP contribution is 2.44. The minimum atomic E-state index is -0.470. The first-order valence-electron chi connectivity index (χ1n) is 5.41. The van der Waals surface area contributed by atoms with Gasteiger partial charge in [-0.25, -0.2) is 0 Å². The van der Waals surface area contributed by atoms with Gasteiger partial charge in [0.1, 0.15) is 0 Å². The number of nitro groups is 2. The third-order valence-corrected chi connectivity index (χ3v) is 4.81. The maximum Gasteiger partial charge on any atom is 0.283 e. The number of nitrogens with zero attached hydrogens (tertiary/aromatic N) is 2. The Morgan fingerprint density at radius 2 is 1.05 bits per heavy atom. The molecule has 0 aliphatic heterocycles. The van der Waals surface area contributed by atoms with E-state index < -0.39 is 9.85 Å². The van der Waals surface area contributed by atoms with Gasteiger partial charge < -0.3 is 0 Å². The van der Waals surface area contributed by atoms with Crippen molar-refractivity contribution < 1.29 is 9.85 Å². The largest absolute Gasteiger partial charge is 0.283 e. The van der Waals surface area contributed by atoms with E-state index in [1.54, 1.807) is 36.4 Å². The predicted octanol–water partition coefficient (Wildman–Crippen LogP) is 4.30. The number of benzene rings is 2. The summed E-state index contributed by atoms with van der Waals surface area (Å²) in [4.78, 5) is 21.7. The Hall–Kier alpha value is -2.06. The molecule has 6 nitrogen and oxygen atoms in total. The van der Waals surface area contributed by atoms with Crippen molar-refractivity contribution >= 4 is 33.0 Å². The van der Waals surface area contributed by atoms with Crippen molar-refractivity contribution in [3.8, 4) is 0 Å². The number of hydrogen-bond donors (Lipinski definition) is 0. The summed E-state index contributed by atoms with van der Waals surface area (Å²) in [6, 6.07) is 12.6. The normalized spacial score (nSPS) is 10.2. The summed E-state index contributed by atoms with van der Waals surface area (Å²) in [6.07, 6.45) is 0. The molecule has 0 radical (unpaired) electrons. The molecule has 0 unspecified atom stereocenters. The van der Waals surface area contributed by atoms with Crippen LogP contribution < -0.4 is 0 Å². The average molecular weight is 308 g/mol. The van der Waals surface area contributed by atoms with Crippen molar-refractivity contribution in [2.75, 3.05) is 0 Å². The monoisotopic (exact) mass is 308 g/mol. The summed E-state index contributed by atoms with van der Waals surface area (Å²) < 4.78 is 0. The summed E-state index contributed by atoms with van der Waals surface area (Å²) in [7, 11) is 2.26. The Labute approximate surface area is 121 Å². The second kappa shape index (κ2) is 6.40. The summed E-state index contributed by atoms with van der Waals surface area (Å²) in [6.45, 7) is 0. The SMILES string of the molecule is O=[N+]([O-])c1ccccc1SSc1ccccc1[N+](=O)[O-]. The van der Waals surface area contributed by atoms with E-state index in [1.807, 2.05) is 0 Å². The molecule has 2 aromatic carbocycles. The Kier molecular flexibility index (Phi) is 4.59. The fraction of sp³-hybridized carbons (Fsp3) is 0. The first-order chi connectivity index (χ1) is 9.59. The molecule has 0 aliphatic rings.